The Morgan fingerprint density at radius 3 is 2.70 bits per heavy atom. The third-order valence-corrected chi connectivity index (χ3v) is 4.33. The smallest absolute Gasteiger partial charge is 0.171 e. The first-order valence-electron chi connectivity index (χ1n) is 6.41. The van der Waals surface area contributed by atoms with Gasteiger partial charge in [-0.3, -0.25) is 4.79 Å². The third-order valence-electron chi connectivity index (χ3n) is 3.32. The van der Waals surface area contributed by atoms with E-state index in [1.54, 1.807) is 18.4 Å². The Kier molecular flexibility index (Phi) is 3.52. The second-order valence-electron chi connectivity index (χ2n) is 4.56. The molecule has 0 unspecified atom stereocenters. The number of ether oxygens (including phenoxy) is 1. The Bertz CT molecular complexity index is 758. The summed E-state index contributed by atoms with van der Waals surface area (Å²) < 4.78 is 6.47. The maximum atomic E-state index is 12.5. The predicted molar refractivity (Wildman–Crippen MR) is 82.9 cm³/mol. The van der Waals surface area contributed by atoms with E-state index in [0.717, 1.165) is 5.56 Å². The van der Waals surface area contributed by atoms with Crippen molar-refractivity contribution in [3.63, 3.8) is 0 Å². The fraction of sp³-hybridized carbons (Fsp3) is 0.118. The molecule has 0 aliphatic heterocycles. The Morgan fingerprint density at radius 1 is 1.10 bits per heavy atom. The molecule has 0 atom stereocenters. The van der Waals surface area contributed by atoms with Crippen molar-refractivity contribution in [1.29, 1.82) is 0 Å². The fourth-order valence-corrected chi connectivity index (χ4v) is 3.28. The Balaban J connectivity index is 1.93. The van der Waals surface area contributed by atoms with Gasteiger partial charge >= 0.3 is 0 Å². The van der Waals surface area contributed by atoms with E-state index in [0.29, 0.717) is 17.7 Å². The van der Waals surface area contributed by atoms with Crippen LogP contribution in [0.3, 0.4) is 0 Å². The number of methoxy groups -OCH3 is 1. The highest BCUT2D eigenvalue weighted by Gasteiger charge is 2.14. The number of thiophene rings is 1. The van der Waals surface area contributed by atoms with Crippen LogP contribution in [-0.4, -0.2) is 12.9 Å². The number of ketones is 1. The minimum atomic E-state index is 0.0889. The molecule has 0 bridgehead atoms. The van der Waals surface area contributed by atoms with Gasteiger partial charge in [0.2, 0.25) is 0 Å². The quantitative estimate of drug-likeness (QED) is 0.666. The molecule has 20 heavy (non-hydrogen) atoms. The molecule has 1 aromatic heterocycles. The summed E-state index contributed by atoms with van der Waals surface area (Å²) in [6.07, 6.45) is 0.407. The summed E-state index contributed by atoms with van der Waals surface area (Å²) in [7, 11) is 1.59. The van der Waals surface area contributed by atoms with Gasteiger partial charge < -0.3 is 4.74 Å². The van der Waals surface area contributed by atoms with Crippen LogP contribution in [0.15, 0.2) is 53.9 Å². The number of carbonyl (C=O) groups excluding carboxylic acids is 1. The lowest BCUT2D eigenvalue weighted by Crippen LogP contribution is -2.05. The number of hydrogen-bond donors (Lipinski definition) is 0. The molecule has 2 nitrogen and oxygen atoms in total. The van der Waals surface area contributed by atoms with Crippen molar-refractivity contribution in [2.75, 3.05) is 7.11 Å². The predicted octanol–water partition coefficient (Wildman–Crippen LogP) is 4.34. The van der Waals surface area contributed by atoms with Crippen LogP contribution in [0.4, 0.5) is 0 Å². The van der Waals surface area contributed by atoms with Crippen molar-refractivity contribution in [1.82, 2.24) is 0 Å². The fourth-order valence-electron chi connectivity index (χ4n) is 2.31. The number of Topliss-reactive ketones (excluding diaryl/α,β-unsaturated/α-hetero) is 1. The van der Waals surface area contributed by atoms with E-state index in [1.165, 1.54) is 10.1 Å². The zero-order valence-electron chi connectivity index (χ0n) is 11.1. The monoisotopic (exact) mass is 282 g/mol. The largest absolute Gasteiger partial charge is 0.496 e. The molecular weight excluding hydrogens is 268 g/mol. The van der Waals surface area contributed by atoms with Gasteiger partial charge in [0.15, 0.2) is 5.78 Å². The number of para-hydroxylation sites is 1. The maximum Gasteiger partial charge on any atom is 0.171 e. The van der Waals surface area contributed by atoms with E-state index in [4.69, 9.17) is 4.74 Å². The summed E-state index contributed by atoms with van der Waals surface area (Å²) in [5, 5.41) is 3.23. The average molecular weight is 282 g/mol. The second-order valence-corrected chi connectivity index (χ2v) is 5.47. The van der Waals surface area contributed by atoms with Crippen LogP contribution >= 0.6 is 11.3 Å². The number of benzene rings is 2. The van der Waals surface area contributed by atoms with Crippen molar-refractivity contribution < 1.29 is 9.53 Å². The molecule has 100 valence electrons. The molecule has 0 saturated carbocycles. The summed E-state index contributed by atoms with van der Waals surface area (Å²) in [6.45, 7) is 0. The van der Waals surface area contributed by atoms with E-state index < -0.39 is 0 Å². The molecule has 3 aromatic rings. The molecule has 0 aliphatic carbocycles. The van der Waals surface area contributed by atoms with E-state index >= 15 is 0 Å². The highest BCUT2D eigenvalue weighted by Crippen LogP contribution is 2.27. The van der Waals surface area contributed by atoms with Crippen LogP contribution in [-0.2, 0) is 6.42 Å². The first-order chi connectivity index (χ1) is 9.79. The molecule has 1 heterocycles. The summed E-state index contributed by atoms with van der Waals surface area (Å²) in [6, 6.07) is 15.5. The van der Waals surface area contributed by atoms with Crippen molar-refractivity contribution in [2.24, 2.45) is 0 Å². The first kappa shape index (κ1) is 12.9. The number of fused-ring (bicyclic) bond motifs is 1. The maximum absolute atomic E-state index is 12.5. The van der Waals surface area contributed by atoms with Crippen LogP contribution in [0.1, 0.15) is 15.9 Å². The van der Waals surface area contributed by atoms with E-state index in [1.807, 2.05) is 36.4 Å². The Morgan fingerprint density at radius 2 is 1.85 bits per heavy atom. The Labute approximate surface area is 121 Å². The van der Waals surface area contributed by atoms with E-state index in [-0.39, 0.29) is 5.78 Å². The third kappa shape index (κ3) is 2.32. The SMILES string of the molecule is COc1ccccc1C(=O)Cc1csc2ccccc12. The van der Waals surface area contributed by atoms with E-state index in [2.05, 4.69) is 17.5 Å². The average Bonchev–Trinajstić information content (AvgIpc) is 2.90. The van der Waals surface area contributed by atoms with Crippen LogP contribution in [0.25, 0.3) is 10.1 Å². The molecule has 3 rings (SSSR count). The molecule has 0 aliphatic rings. The molecule has 3 heteroatoms. The highest BCUT2D eigenvalue weighted by atomic mass is 32.1. The summed E-state index contributed by atoms with van der Waals surface area (Å²) >= 11 is 1.68. The number of rotatable bonds is 4. The molecule has 0 amide bonds. The summed E-state index contributed by atoms with van der Waals surface area (Å²) in [4.78, 5) is 12.5. The van der Waals surface area contributed by atoms with Gasteiger partial charge in [-0.25, -0.2) is 0 Å². The lowest BCUT2D eigenvalue weighted by molar-refractivity contribution is 0.0990. The van der Waals surface area contributed by atoms with Crippen LogP contribution < -0.4 is 4.74 Å². The summed E-state index contributed by atoms with van der Waals surface area (Å²) in [5.41, 5.74) is 1.73. The van der Waals surface area contributed by atoms with Crippen LogP contribution in [0, 0.1) is 0 Å². The Hall–Kier alpha value is -2.13. The molecular formula is C17H14O2S. The molecule has 0 fully saturated rings. The number of carbonyl (C=O) groups is 1. The second kappa shape index (κ2) is 5.47. The zero-order chi connectivity index (χ0) is 13.9. The highest BCUT2D eigenvalue weighted by molar-refractivity contribution is 7.17. The van der Waals surface area contributed by atoms with Gasteiger partial charge in [0.05, 0.1) is 12.7 Å². The van der Waals surface area contributed by atoms with Gasteiger partial charge in [-0.1, -0.05) is 30.3 Å². The molecule has 2 aromatic carbocycles. The van der Waals surface area contributed by atoms with Crippen LogP contribution in [0.2, 0.25) is 0 Å². The van der Waals surface area contributed by atoms with Gasteiger partial charge in [-0.2, -0.15) is 0 Å². The van der Waals surface area contributed by atoms with Crippen molar-refractivity contribution in [3.05, 3.63) is 65.0 Å². The number of hydrogen-bond acceptors (Lipinski definition) is 3. The van der Waals surface area contributed by atoms with Gasteiger partial charge in [-0.15, -0.1) is 11.3 Å². The minimum absolute atomic E-state index is 0.0889. The molecule has 0 saturated heterocycles. The first-order valence-corrected chi connectivity index (χ1v) is 7.29. The van der Waals surface area contributed by atoms with Crippen LogP contribution in [0.5, 0.6) is 5.75 Å². The molecule has 0 N–H and O–H groups in total. The standard InChI is InChI=1S/C17H14O2S/c1-19-16-8-4-2-7-14(16)15(18)10-12-11-20-17-9-5-3-6-13(12)17/h2-9,11H,10H2,1H3. The molecule has 0 radical (unpaired) electrons. The van der Waals surface area contributed by atoms with Gasteiger partial charge in [-0.05, 0) is 34.5 Å². The topological polar surface area (TPSA) is 26.3 Å². The van der Waals surface area contributed by atoms with Gasteiger partial charge in [0, 0.05) is 11.1 Å². The molecule has 0 spiro atoms. The van der Waals surface area contributed by atoms with Crippen molar-refractivity contribution >= 4 is 27.2 Å². The van der Waals surface area contributed by atoms with Crippen molar-refractivity contribution in [3.8, 4) is 5.75 Å². The summed E-state index contributed by atoms with van der Waals surface area (Å²) in [5.74, 6) is 0.725. The van der Waals surface area contributed by atoms with Gasteiger partial charge in [0.1, 0.15) is 5.75 Å². The normalized spacial score (nSPS) is 10.7. The van der Waals surface area contributed by atoms with E-state index in [9.17, 15) is 4.79 Å². The minimum Gasteiger partial charge on any atom is -0.496 e. The lowest BCUT2D eigenvalue weighted by atomic mass is 10.0. The lowest BCUT2D eigenvalue weighted by Gasteiger charge is -2.06. The van der Waals surface area contributed by atoms with Crippen molar-refractivity contribution in [2.45, 2.75) is 6.42 Å². The van der Waals surface area contributed by atoms with Gasteiger partial charge in [0.25, 0.3) is 0 Å². The zero-order valence-corrected chi connectivity index (χ0v) is 11.9.